The van der Waals surface area contributed by atoms with Crippen molar-refractivity contribution in [2.24, 2.45) is 0 Å². The predicted molar refractivity (Wildman–Crippen MR) is 72.0 cm³/mol. The number of hydrogen-bond acceptors (Lipinski definition) is 3. The van der Waals surface area contributed by atoms with Crippen LogP contribution in [0.15, 0.2) is 29.0 Å². The largest absolute Gasteiger partial charge is 0.264 e. The van der Waals surface area contributed by atoms with Gasteiger partial charge in [-0.25, -0.2) is 9.97 Å². The molecule has 0 aromatic carbocycles. The Bertz CT molecular complexity index is 517. The number of nitrogens with zero attached hydrogens (tertiary/aromatic N) is 3. The second-order valence-electron chi connectivity index (χ2n) is 3.59. The second kappa shape index (κ2) is 5.56. The highest BCUT2D eigenvalue weighted by molar-refractivity contribution is 9.10. The van der Waals surface area contributed by atoms with Gasteiger partial charge in [-0.3, -0.25) is 4.98 Å². The molecule has 0 fully saturated rings. The molecule has 0 aliphatic carbocycles. The van der Waals surface area contributed by atoms with Crippen molar-refractivity contribution < 1.29 is 0 Å². The van der Waals surface area contributed by atoms with Crippen molar-refractivity contribution in [3.8, 4) is 11.4 Å². The van der Waals surface area contributed by atoms with Crippen molar-refractivity contribution >= 4 is 27.5 Å². The summed E-state index contributed by atoms with van der Waals surface area (Å²) in [5.41, 5.74) is 1.81. The number of hydrogen-bond donors (Lipinski definition) is 0. The van der Waals surface area contributed by atoms with Crippen molar-refractivity contribution in [2.45, 2.75) is 19.8 Å². The molecule has 0 bridgehead atoms. The van der Waals surface area contributed by atoms with Crippen molar-refractivity contribution in [3.63, 3.8) is 0 Å². The Balaban J connectivity index is 2.49. The Morgan fingerprint density at radius 3 is 2.82 bits per heavy atom. The maximum Gasteiger partial charge on any atom is 0.162 e. The average Bonchev–Trinajstić information content (AvgIpc) is 2.36. The van der Waals surface area contributed by atoms with Crippen LogP contribution in [0.4, 0.5) is 0 Å². The van der Waals surface area contributed by atoms with E-state index in [0.717, 1.165) is 28.6 Å². The lowest BCUT2D eigenvalue weighted by atomic mass is 10.2. The number of rotatable bonds is 3. The lowest BCUT2D eigenvalue weighted by Gasteiger charge is -2.07. The summed E-state index contributed by atoms with van der Waals surface area (Å²) in [6.45, 7) is 2.10. The summed E-state index contributed by atoms with van der Waals surface area (Å²) in [5, 5.41) is 0.447. The van der Waals surface area contributed by atoms with Gasteiger partial charge in [0.1, 0.15) is 5.15 Å². The fourth-order valence-corrected chi connectivity index (χ4v) is 2.05. The van der Waals surface area contributed by atoms with Gasteiger partial charge in [0.25, 0.3) is 0 Å². The second-order valence-corrected chi connectivity index (χ2v) is 4.74. The molecule has 0 spiro atoms. The Morgan fingerprint density at radius 1 is 1.35 bits per heavy atom. The third-order valence-corrected chi connectivity index (χ3v) is 3.62. The fraction of sp³-hybridized carbons (Fsp3) is 0.250. The van der Waals surface area contributed by atoms with E-state index in [2.05, 4.69) is 37.8 Å². The van der Waals surface area contributed by atoms with Gasteiger partial charge in [-0.05, 0) is 34.5 Å². The van der Waals surface area contributed by atoms with Gasteiger partial charge >= 0.3 is 0 Å². The minimum absolute atomic E-state index is 0.447. The SMILES string of the molecule is CCCc1nc(-c2cccnc2)nc(Cl)c1Br. The van der Waals surface area contributed by atoms with E-state index < -0.39 is 0 Å². The van der Waals surface area contributed by atoms with Crippen LogP contribution in [0.1, 0.15) is 19.0 Å². The van der Waals surface area contributed by atoms with Crippen LogP contribution in [0.2, 0.25) is 5.15 Å². The van der Waals surface area contributed by atoms with E-state index in [1.807, 2.05) is 12.1 Å². The summed E-state index contributed by atoms with van der Waals surface area (Å²) in [4.78, 5) is 12.8. The Kier molecular flexibility index (Phi) is 4.07. The predicted octanol–water partition coefficient (Wildman–Crippen LogP) is 3.91. The van der Waals surface area contributed by atoms with Gasteiger partial charge in [-0.1, -0.05) is 24.9 Å². The van der Waals surface area contributed by atoms with E-state index in [0.29, 0.717) is 11.0 Å². The lowest BCUT2D eigenvalue weighted by Crippen LogP contribution is -1.98. The van der Waals surface area contributed by atoms with Gasteiger partial charge in [0, 0.05) is 18.0 Å². The first-order valence-electron chi connectivity index (χ1n) is 5.34. The molecule has 0 atom stereocenters. The highest BCUT2D eigenvalue weighted by atomic mass is 79.9. The van der Waals surface area contributed by atoms with Crippen LogP contribution in [-0.4, -0.2) is 15.0 Å². The molecule has 88 valence electrons. The first-order chi connectivity index (χ1) is 8.22. The standard InChI is InChI=1S/C12H11BrClN3/c1-2-4-9-10(13)11(14)17-12(16-9)8-5-3-6-15-7-8/h3,5-7H,2,4H2,1H3. The molecule has 17 heavy (non-hydrogen) atoms. The minimum Gasteiger partial charge on any atom is -0.264 e. The Hall–Kier alpha value is -1.00. The van der Waals surface area contributed by atoms with Crippen LogP contribution in [0.3, 0.4) is 0 Å². The van der Waals surface area contributed by atoms with Gasteiger partial charge < -0.3 is 0 Å². The average molecular weight is 313 g/mol. The third kappa shape index (κ3) is 2.82. The van der Waals surface area contributed by atoms with Crippen molar-refractivity contribution in [3.05, 3.63) is 39.8 Å². The Labute approximate surface area is 113 Å². The van der Waals surface area contributed by atoms with E-state index in [1.165, 1.54) is 0 Å². The van der Waals surface area contributed by atoms with Crippen molar-refractivity contribution in [1.82, 2.24) is 15.0 Å². The summed E-state index contributed by atoms with van der Waals surface area (Å²) < 4.78 is 0.786. The molecular formula is C12H11BrClN3. The molecule has 0 radical (unpaired) electrons. The minimum atomic E-state index is 0.447. The van der Waals surface area contributed by atoms with E-state index in [4.69, 9.17) is 11.6 Å². The maximum atomic E-state index is 6.09. The summed E-state index contributed by atoms with van der Waals surface area (Å²) >= 11 is 9.50. The molecule has 3 nitrogen and oxygen atoms in total. The zero-order valence-electron chi connectivity index (χ0n) is 9.32. The summed E-state index contributed by atoms with van der Waals surface area (Å²) in [5.74, 6) is 0.620. The molecule has 2 aromatic rings. The lowest BCUT2D eigenvalue weighted by molar-refractivity contribution is 0.868. The normalized spacial score (nSPS) is 10.5. The first-order valence-corrected chi connectivity index (χ1v) is 6.51. The van der Waals surface area contributed by atoms with Gasteiger partial charge in [-0.15, -0.1) is 0 Å². The summed E-state index contributed by atoms with van der Waals surface area (Å²) in [6.07, 6.45) is 5.33. The molecule has 0 unspecified atom stereocenters. The monoisotopic (exact) mass is 311 g/mol. The molecule has 5 heteroatoms. The number of halogens is 2. The molecule has 0 saturated carbocycles. The zero-order valence-corrected chi connectivity index (χ0v) is 11.7. The maximum absolute atomic E-state index is 6.09. The van der Waals surface area contributed by atoms with Crippen LogP contribution >= 0.6 is 27.5 Å². The van der Waals surface area contributed by atoms with E-state index in [1.54, 1.807) is 12.4 Å². The quantitative estimate of drug-likeness (QED) is 0.807. The van der Waals surface area contributed by atoms with Crippen LogP contribution in [0.25, 0.3) is 11.4 Å². The van der Waals surface area contributed by atoms with E-state index in [9.17, 15) is 0 Å². The Morgan fingerprint density at radius 2 is 2.18 bits per heavy atom. The number of pyridine rings is 1. The molecular weight excluding hydrogens is 302 g/mol. The number of aromatic nitrogens is 3. The van der Waals surface area contributed by atoms with Gasteiger partial charge in [0.05, 0.1) is 10.2 Å². The highest BCUT2D eigenvalue weighted by Gasteiger charge is 2.11. The molecule has 0 saturated heterocycles. The number of aryl methyl sites for hydroxylation is 1. The smallest absolute Gasteiger partial charge is 0.162 e. The van der Waals surface area contributed by atoms with Gasteiger partial charge in [-0.2, -0.15) is 0 Å². The molecule has 2 rings (SSSR count). The fourth-order valence-electron chi connectivity index (χ4n) is 1.49. The molecule has 0 amide bonds. The highest BCUT2D eigenvalue weighted by Crippen LogP contribution is 2.27. The van der Waals surface area contributed by atoms with Crippen molar-refractivity contribution in [1.29, 1.82) is 0 Å². The molecule has 0 N–H and O–H groups in total. The van der Waals surface area contributed by atoms with Crippen molar-refractivity contribution in [2.75, 3.05) is 0 Å². The molecule has 2 heterocycles. The molecule has 0 aliphatic heterocycles. The summed E-state index contributed by atoms with van der Waals surface area (Å²) in [7, 11) is 0. The van der Waals surface area contributed by atoms with Crippen LogP contribution in [0.5, 0.6) is 0 Å². The van der Waals surface area contributed by atoms with Crippen LogP contribution in [0, 0.1) is 0 Å². The third-order valence-electron chi connectivity index (χ3n) is 2.29. The topological polar surface area (TPSA) is 38.7 Å². The first kappa shape index (κ1) is 12.5. The molecule has 0 aliphatic rings. The van der Waals surface area contributed by atoms with E-state index >= 15 is 0 Å². The van der Waals surface area contributed by atoms with Gasteiger partial charge in [0.2, 0.25) is 0 Å². The van der Waals surface area contributed by atoms with Crippen LogP contribution < -0.4 is 0 Å². The zero-order chi connectivity index (χ0) is 12.3. The van der Waals surface area contributed by atoms with E-state index in [-0.39, 0.29) is 0 Å². The van der Waals surface area contributed by atoms with Gasteiger partial charge in [0.15, 0.2) is 5.82 Å². The molecule has 2 aromatic heterocycles. The van der Waals surface area contributed by atoms with Crippen LogP contribution in [-0.2, 0) is 6.42 Å². The summed E-state index contributed by atoms with van der Waals surface area (Å²) in [6, 6.07) is 3.77.